The normalized spacial score (nSPS) is 12.6. The molecule has 6 nitrogen and oxygen atoms in total. The molecule has 6 heteroatoms. The quantitative estimate of drug-likeness (QED) is 0.0320. The van der Waals surface area contributed by atoms with Crippen LogP contribution in [0.5, 0.6) is 0 Å². The van der Waals surface area contributed by atoms with Gasteiger partial charge in [0.1, 0.15) is 0 Å². The van der Waals surface area contributed by atoms with Crippen LogP contribution in [0.2, 0.25) is 0 Å². The predicted molar refractivity (Wildman–Crippen MR) is 384 cm³/mol. The first-order valence-corrected chi connectivity index (χ1v) is 40.1. The lowest BCUT2D eigenvalue weighted by Gasteiger charge is -2.20. The molecule has 0 aromatic carbocycles. The number of rotatable bonds is 76. The lowest BCUT2D eigenvalue weighted by Crippen LogP contribution is -2.45. The number of hydrogen-bond acceptors (Lipinski definition) is 5. The lowest BCUT2D eigenvalue weighted by atomic mass is 10.0. The molecule has 516 valence electrons. The highest BCUT2D eigenvalue weighted by Gasteiger charge is 2.18. The monoisotopic (exact) mass is 1220 g/mol. The first-order chi connectivity index (χ1) is 43.0. The maximum absolute atomic E-state index is 12.5. The molecule has 2 unspecified atom stereocenters. The average Bonchev–Trinajstić information content (AvgIpc) is 3.58. The van der Waals surface area contributed by atoms with E-state index in [9.17, 15) is 19.8 Å². The van der Waals surface area contributed by atoms with Crippen LogP contribution in [0.15, 0.2) is 24.3 Å². The van der Waals surface area contributed by atoms with Crippen LogP contribution in [0.1, 0.15) is 457 Å². The van der Waals surface area contributed by atoms with E-state index in [-0.39, 0.29) is 18.5 Å². The fourth-order valence-corrected chi connectivity index (χ4v) is 12.9. The van der Waals surface area contributed by atoms with Crippen LogP contribution in [0, 0.1) is 0 Å². The second kappa shape index (κ2) is 76.8. The largest absolute Gasteiger partial charge is 0.466 e. The van der Waals surface area contributed by atoms with Crippen LogP contribution in [0.4, 0.5) is 0 Å². The van der Waals surface area contributed by atoms with E-state index in [0.29, 0.717) is 19.4 Å². The third-order valence-corrected chi connectivity index (χ3v) is 19.0. The van der Waals surface area contributed by atoms with Gasteiger partial charge in [-0.3, -0.25) is 9.59 Å². The van der Waals surface area contributed by atoms with Crippen molar-refractivity contribution in [2.45, 2.75) is 469 Å². The van der Waals surface area contributed by atoms with E-state index in [0.717, 1.165) is 38.5 Å². The van der Waals surface area contributed by atoms with Crippen molar-refractivity contribution in [2.75, 3.05) is 13.2 Å². The van der Waals surface area contributed by atoms with Crippen LogP contribution in [-0.4, -0.2) is 47.4 Å². The number of aliphatic hydroxyl groups excluding tert-OH is 2. The maximum atomic E-state index is 12.5. The minimum atomic E-state index is -0.842. The van der Waals surface area contributed by atoms with Crippen molar-refractivity contribution in [1.82, 2.24) is 5.32 Å². The summed E-state index contributed by atoms with van der Waals surface area (Å²) < 4.78 is 5.52. The summed E-state index contributed by atoms with van der Waals surface area (Å²) in [5, 5.41) is 23.2. The third kappa shape index (κ3) is 73.3. The number of aliphatic hydroxyl groups is 2. The topological polar surface area (TPSA) is 95.9 Å². The molecular weight excluding hydrogens is 1070 g/mol. The van der Waals surface area contributed by atoms with Crippen LogP contribution in [0.3, 0.4) is 0 Å². The van der Waals surface area contributed by atoms with E-state index in [1.807, 2.05) is 6.08 Å². The molecule has 0 aromatic heterocycles. The Morgan fingerprint density at radius 3 is 0.816 bits per heavy atom. The summed E-state index contributed by atoms with van der Waals surface area (Å²) in [4.78, 5) is 24.6. The number of amides is 1. The molecule has 0 spiro atoms. The Labute approximate surface area is 545 Å². The van der Waals surface area contributed by atoms with Crippen LogP contribution in [0.25, 0.3) is 0 Å². The molecule has 0 aliphatic rings. The molecule has 0 radical (unpaired) electrons. The van der Waals surface area contributed by atoms with E-state index >= 15 is 0 Å². The first-order valence-electron chi connectivity index (χ1n) is 40.1. The van der Waals surface area contributed by atoms with Crippen molar-refractivity contribution >= 4 is 11.9 Å². The van der Waals surface area contributed by atoms with Crippen molar-refractivity contribution in [2.24, 2.45) is 0 Å². The van der Waals surface area contributed by atoms with Crippen molar-refractivity contribution in [1.29, 1.82) is 0 Å². The number of hydrogen-bond donors (Lipinski definition) is 3. The van der Waals surface area contributed by atoms with Gasteiger partial charge in [-0.25, -0.2) is 0 Å². The number of allylic oxidation sites excluding steroid dienone is 3. The van der Waals surface area contributed by atoms with Gasteiger partial charge in [-0.2, -0.15) is 0 Å². The van der Waals surface area contributed by atoms with Gasteiger partial charge >= 0.3 is 5.97 Å². The van der Waals surface area contributed by atoms with Gasteiger partial charge in [-0.1, -0.05) is 411 Å². The molecule has 1 amide bonds. The van der Waals surface area contributed by atoms with Crippen molar-refractivity contribution in [3.63, 3.8) is 0 Å². The molecular formula is C81H157NO5. The summed E-state index contributed by atoms with van der Waals surface area (Å²) in [6, 6.07) is -0.625. The SMILES string of the molecule is CCCCCCCCCCCCCCCCCC/C=C/C(O)C(CO)NC(=O)CCCCCCCCCCCCCCCCCCC/C=C\CCCCCCCCCCCCCCCCOC(=O)CCCCCCCCCCCCCCCCCCC. The van der Waals surface area contributed by atoms with E-state index < -0.39 is 12.1 Å². The van der Waals surface area contributed by atoms with Gasteiger partial charge in [0.05, 0.1) is 25.4 Å². The van der Waals surface area contributed by atoms with Gasteiger partial charge in [0.15, 0.2) is 0 Å². The number of ether oxygens (including phenoxy) is 1. The second-order valence-corrected chi connectivity index (χ2v) is 27.8. The zero-order chi connectivity index (χ0) is 62.8. The van der Waals surface area contributed by atoms with Gasteiger partial charge in [0.2, 0.25) is 5.91 Å². The lowest BCUT2D eigenvalue weighted by molar-refractivity contribution is -0.143. The molecule has 0 bridgehead atoms. The fourth-order valence-electron chi connectivity index (χ4n) is 12.9. The summed E-state index contributed by atoms with van der Waals surface area (Å²) in [5.74, 6) is -0.0353. The number of unbranched alkanes of at least 4 members (excludes halogenated alkanes) is 63. The second-order valence-electron chi connectivity index (χ2n) is 27.8. The highest BCUT2D eigenvalue weighted by molar-refractivity contribution is 5.76. The molecule has 3 N–H and O–H groups in total. The maximum Gasteiger partial charge on any atom is 0.305 e. The highest BCUT2D eigenvalue weighted by atomic mass is 16.5. The molecule has 0 rings (SSSR count). The van der Waals surface area contributed by atoms with Gasteiger partial charge in [0.25, 0.3) is 0 Å². The summed E-state index contributed by atoms with van der Waals surface area (Å²) in [6.07, 6.45) is 98.8. The Kier molecular flexibility index (Phi) is 75.3. The van der Waals surface area contributed by atoms with Crippen molar-refractivity contribution in [3.8, 4) is 0 Å². The Morgan fingerprint density at radius 2 is 0.540 bits per heavy atom. The van der Waals surface area contributed by atoms with Gasteiger partial charge in [-0.05, 0) is 57.8 Å². The average molecular weight is 1230 g/mol. The molecule has 0 saturated carbocycles. The smallest absolute Gasteiger partial charge is 0.305 e. The summed E-state index contributed by atoms with van der Waals surface area (Å²) in [7, 11) is 0. The van der Waals surface area contributed by atoms with Gasteiger partial charge < -0.3 is 20.3 Å². The first kappa shape index (κ1) is 85.3. The van der Waals surface area contributed by atoms with Crippen molar-refractivity contribution in [3.05, 3.63) is 24.3 Å². The van der Waals surface area contributed by atoms with E-state index in [2.05, 4.69) is 31.3 Å². The van der Waals surface area contributed by atoms with Crippen LogP contribution in [-0.2, 0) is 14.3 Å². The molecule has 2 atom stereocenters. The zero-order valence-electron chi connectivity index (χ0n) is 59.3. The Balaban J connectivity index is 3.34. The minimum absolute atomic E-state index is 0.0250. The molecule has 0 aromatic rings. The third-order valence-electron chi connectivity index (χ3n) is 19.0. The van der Waals surface area contributed by atoms with Gasteiger partial charge in [-0.15, -0.1) is 0 Å². The van der Waals surface area contributed by atoms with E-state index in [1.165, 1.54) is 392 Å². The number of esters is 1. The summed E-state index contributed by atoms with van der Waals surface area (Å²) >= 11 is 0. The highest BCUT2D eigenvalue weighted by Crippen LogP contribution is 2.20. The van der Waals surface area contributed by atoms with Crippen molar-refractivity contribution < 1.29 is 24.5 Å². The molecule has 0 heterocycles. The standard InChI is InChI=1S/C81H157NO5/c1-3-5-7-9-11-13-15-17-19-21-42-45-49-53-57-61-65-69-73-79(84)78(77-83)82-80(85)74-70-66-62-58-54-50-46-43-39-37-35-33-31-29-27-25-23-22-24-26-28-30-32-34-36-38-40-44-48-52-56-60-64-68-72-76-87-81(86)75-71-67-63-59-55-51-47-41-20-18-16-14-12-10-8-6-4-2/h24,26,69,73,78-79,83-84H,3-23,25,27-68,70-72,74-77H2,1-2H3,(H,82,85)/b26-24-,73-69+. The molecule has 0 aliphatic carbocycles. The number of carbonyl (C=O) groups is 2. The number of nitrogens with one attached hydrogen (secondary N) is 1. The molecule has 0 fully saturated rings. The van der Waals surface area contributed by atoms with E-state index in [1.54, 1.807) is 6.08 Å². The summed E-state index contributed by atoms with van der Waals surface area (Å²) in [5.41, 5.74) is 0. The zero-order valence-corrected chi connectivity index (χ0v) is 59.3. The molecule has 87 heavy (non-hydrogen) atoms. The van der Waals surface area contributed by atoms with E-state index in [4.69, 9.17) is 4.74 Å². The molecule has 0 aliphatic heterocycles. The van der Waals surface area contributed by atoms with Gasteiger partial charge in [0, 0.05) is 12.8 Å². The Bertz CT molecular complexity index is 1360. The number of carbonyl (C=O) groups excluding carboxylic acids is 2. The van der Waals surface area contributed by atoms with Crippen LogP contribution >= 0.6 is 0 Å². The predicted octanol–water partition coefficient (Wildman–Crippen LogP) is 26.4. The summed E-state index contributed by atoms with van der Waals surface area (Å²) in [6.45, 7) is 4.96. The van der Waals surface area contributed by atoms with Crippen LogP contribution < -0.4 is 5.32 Å². The molecule has 0 saturated heterocycles. The fraction of sp³-hybridized carbons (Fsp3) is 0.926. The Hall–Kier alpha value is -1.66. The Morgan fingerprint density at radius 1 is 0.310 bits per heavy atom. The minimum Gasteiger partial charge on any atom is -0.466 e.